The van der Waals surface area contributed by atoms with Crippen LogP contribution in [0.3, 0.4) is 0 Å². The zero-order valence-corrected chi connectivity index (χ0v) is 6.29. The van der Waals surface area contributed by atoms with E-state index in [4.69, 9.17) is 5.84 Å². The van der Waals surface area contributed by atoms with E-state index < -0.39 is 0 Å². The van der Waals surface area contributed by atoms with Crippen molar-refractivity contribution in [2.75, 3.05) is 0 Å². The first-order chi connectivity index (χ1) is 4.84. The van der Waals surface area contributed by atoms with Gasteiger partial charge in [0.1, 0.15) is 0 Å². The maximum absolute atomic E-state index is 5.55. The Hall–Kier alpha value is -0.570. The van der Waals surface area contributed by atoms with Gasteiger partial charge in [-0.1, -0.05) is 19.3 Å². The highest BCUT2D eigenvalue weighted by molar-refractivity contribution is 5.22. The Kier molecular flexibility index (Phi) is 2.68. The second-order valence-electron chi connectivity index (χ2n) is 2.81. The van der Waals surface area contributed by atoms with Gasteiger partial charge < -0.3 is 0 Å². The summed E-state index contributed by atoms with van der Waals surface area (Å²) in [6, 6.07) is 0.450. The SMILES string of the molecule is C=NN(N)C1CCCCC1. The van der Waals surface area contributed by atoms with Crippen LogP contribution in [-0.4, -0.2) is 17.9 Å². The van der Waals surface area contributed by atoms with Gasteiger partial charge in [0.05, 0.1) is 6.04 Å². The van der Waals surface area contributed by atoms with Crippen molar-refractivity contribution in [1.29, 1.82) is 0 Å². The van der Waals surface area contributed by atoms with Gasteiger partial charge in [-0.2, -0.15) is 5.10 Å². The minimum atomic E-state index is 0.450. The minimum absolute atomic E-state index is 0.450. The van der Waals surface area contributed by atoms with E-state index in [2.05, 4.69) is 11.8 Å². The average Bonchev–Trinajstić information content (AvgIpc) is 2.05. The fourth-order valence-electron chi connectivity index (χ4n) is 1.46. The van der Waals surface area contributed by atoms with Crippen molar-refractivity contribution in [3.05, 3.63) is 0 Å². The Bertz CT molecular complexity index is 107. The predicted molar refractivity (Wildman–Crippen MR) is 42.4 cm³/mol. The van der Waals surface area contributed by atoms with Crippen LogP contribution in [0.1, 0.15) is 32.1 Å². The van der Waals surface area contributed by atoms with Gasteiger partial charge >= 0.3 is 0 Å². The number of hydrazone groups is 1. The molecule has 0 unspecified atom stereocenters. The molecule has 1 fully saturated rings. The van der Waals surface area contributed by atoms with Crippen LogP contribution in [0.25, 0.3) is 0 Å². The summed E-state index contributed by atoms with van der Waals surface area (Å²) in [7, 11) is 0. The van der Waals surface area contributed by atoms with Crippen LogP contribution >= 0.6 is 0 Å². The third kappa shape index (κ3) is 1.70. The molecule has 3 nitrogen and oxygen atoms in total. The standard InChI is InChI=1S/C7H15N3/c1-9-10(8)7-5-3-2-4-6-7/h7H,1-6,8H2. The quantitative estimate of drug-likeness (QED) is 0.355. The summed E-state index contributed by atoms with van der Waals surface area (Å²) in [5, 5.41) is 5.17. The maximum atomic E-state index is 5.55. The molecule has 0 aromatic heterocycles. The lowest BCUT2D eigenvalue weighted by Gasteiger charge is -2.27. The van der Waals surface area contributed by atoms with Crippen LogP contribution in [0.5, 0.6) is 0 Å². The van der Waals surface area contributed by atoms with E-state index in [0.717, 1.165) is 0 Å². The minimum Gasteiger partial charge on any atom is -0.231 e. The van der Waals surface area contributed by atoms with Gasteiger partial charge in [0.15, 0.2) is 0 Å². The molecule has 3 heteroatoms. The highest BCUT2D eigenvalue weighted by Crippen LogP contribution is 2.20. The van der Waals surface area contributed by atoms with Crippen LogP contribution < -0.4 is 5.84 Å². The molecule has 10 heavy (non-hydrogen) atoms. The topological polar surface area (TPSA) is 41.6 Å². The Morgan fingerprint density at radius 3 is 2.40 bits per heavy atom. The van der Waals surface area contributed by atoms with Crippen molar-refractivity contribution in [2.45, 2.75) is 38.1 Å². The third-order valence-corrected chi connectivity index (χ3v) is 2.11. The molecule has 0 saturated heterocycles. The molecule has 0 radical (unpaired) electrons. The van der Waals surface area contributed by atoms with Gasteiger partial charge in [0.2, 0.25) is 0 Å². The fraction of sp³-hybridized carbons (Fsp3) is 0.857. The van der Waals surface area contributed by atoms with E-state index in [0.29, 0.717) is 6.04 Å². The lowest BCUT2D eigenvalue weighted by Crippen LogP contribution is -2.37. The number of hydrogen-bond donors (Lipinski definition) is 1. The maximum Gasteiger partial charge on any atom is 0.0640 e. The first-order valence-corrected chi connectivity index (χ1v) is 3.85. The molecule has 0 spiro atoms. The number of nitrogens with zero attached hydrogens (tertiary/aromatic N) is 2. The zero-order chi connectivity index (χ0) is 7.40. The molecular formula is C7H15N3. The third-order valence-electron chi connectivity index (χ3n) is 2.11. The van der Waals surface area contributed by atoms with Gasteiger partial charge in [-0.3, -0.25) is 0 Å². The zero-order valence-electron chi connectivity index (χ0n) is 6.29. The highest BCUT2D eigenvalue weighted by atomic mass is 15.6. The van der Waals surface area contributed by atoms with Crippen molar-refractivity contribution >= 4 is 6.72 Å². The summed E-state index contributed by atoms with van der Waals surface area (Å²) in [6.07, 6.45) is 6.27. The monoisotopic (exact) mass is 141 g/mol. The molecule has 0 bridgehead atoms. The summed E-state index contributed by atoms with van der Waals surface area (Å²) >= 11 is 0. The van der Waals surface area contributed by atoms with Gasteiger partial charge in [0.25, 0.3) is 0 Å². The Labute approximate surface area is 61.9 Å². The van der Waals surface area contributed by atoms with Gasteiger partial charge in [0, 0.05) is 6.72 Å². The van der Waals surface area contributed by atoms with Crippen LogP contribution in [0.4, 0.5) is 0 Å². The number of rotatable bonds is 2. The normalized spacial score (nSPS) is 20.5. The molecule has 0 aliphatic heterocycles. The van der Waals surface area contributed by atoms with Crippen LogP contribution in [-0.2, 0) is 0 Å². The van der Waals surface area contributed by atoms with Crippen LogP contribution in [0, 0.1) is 0 Å². The summed E-state index contributed by atoms with van der Waals surface area (Å²) in [5.41, 5.74) is 0. The average molecular weight is 141 g/mol. The highest BCUT2D eigenvalue weighted by Gasteiger charge is 2.16. The second-order valence-corrected chi connectivity index (χ2v) is 2.81. The molecule has 1 saturated carbocycles. The van der Waals surface area contributed by atoms with E-state index in [9.17, 15) is 0 Å². The van der Waals surface area contributed by atoms with Crippen molar-refractivity contribution in [3.8, 4) is 0 Å². The van der Waals surface area contributed by atoms with Crippen molar-refractivity contribution in [1.82, 2.24) is 5.12 Å². The first-order valence-electron chi connectivity index (χ1n) is 3.85. The molecule has 0 heterocycles. The summed E-state index contributed by atoms with van der Waals surface area (Å²) in [6.45, 7) is 3.39. The van der Waals surface area contributed by atoms with E-state index in [1.165, 1.54) is 37.2 Å². The largest absolute Gasteiger partial charge is 0.231 e. The fourth-order valence-corrected chi connectivity index (χ4v) is 1.46. The summed E-state index contributed by atoms with van der Waals surface area (Å²) < 4.78 is 0. The lowest BCUT2D eigenvalue weighted by atomic mass is 9.96. The molecule has 58 valence electrons. The molecule has 0 atom stereocenters. The lowest BCUT2D eigenvalue weighted by molar-refractivity contribution is 0.166. The van der Waals surface area contributed by atoms with E-state index in [1.54, 1.807) is 0 Å². The molecule has 0 amide bonds. The second kappa shape index (κ2) is 3.56. The van der Waals surface area contributed by atoms with E-state index in [1.807, 2.05) is 0 Å². The molecule has 2 N–H and O–H groups in total. The van der Waals surface area contributed by atoms with Crippen LogP contribution in [0.15, 0.2) is 5.10 Å². The van der Waals surface area contributed by atoms with Crippen LogP contribution in [0.2, 0.25) is 0 Å². The van der Waals surface area contributed by atoms with Crippen molar-refractivity contribution in [3.63, 3.8) is 0 Å². The van der Waals surface area contributed by atoms with Gasteiger partial charge in [-0.15, -0.1) is 0 Å². The molecular weight excluding hydrogens is 126 g/mol. The Balaban J connectivity index is 2.30. The van der Waals surface area contributed by atoms with Crippen molar-refractivity contribution < 1.29 is 0 Å². The predicted octanol–water partition coefficient (Wildman–Crippen LogP) is 1.11. The Morgan fingerprint density at radius 2 is 1.90 bits per heavy atom. The smallest absolute Gasteiger partial charge is 0.0640 e. The summed E-state index contributed by atoms with van der Waals surface area (Å²) in [4.78, 5) is 0. The number of nitrogens with two attached hydrogens (primary N) is 1. The van der Waals surface area contributed by atoms with E-state index >= 15 is 0 Å². The number of hydrazine groups is 1. The molecule has 0 aromatic rings. The molecule has 0 aromatic carbocycles. The van der Waals surface area contributed by atoms with Gasteiger partial charge in [-0.25, -0.2) is 11.0 Å². The summed E-state index contributed by atoms with van der Waals surface area (Å²) in [5.74, 6) is 5.55. The molecule has 1 rings (SSSR count). The first kappa shape index (κ1) is 7.54. The van der Waals surface area contributed by atoms with Gasteiger partial charge in [-0.05, 0) is 12.8 Å². The molecule has 1 aliphatic carbocycles. The van der Waals surface area contributed by atoms with Crippen molar-refractivity contribution in [2.24, 2.45) is 10.9 Å². The molecule has 1 aliphatic rings. The van der Waals surface area contributed by atoms with E-state index in [-0.39, 0.29) is 0 Å². The Morgan fingerprint density at radius 1 is 1.30 bits per heavy atom. The number of hydrogen-bond acceptors (Lipinski definition) is 3.